The van der Waals surface area contributed by atoms with E-state index in [9.17, 15) is 4.39 Å². The summed E-state index contributed by atoms with van der Waals surface area (Å²) in [4.78, 5) is 2.32. The minimum atomic E-state index is -0.305. The standard InChI is InChI=1S/C15H22BrFN2O2/c1-20-14-2-3-19(13(9-14)10-18)4-5-21-15-7-11(16)6-12(17)8-15/h6-8,13-14H,2-5,9-10,18H2,1H3. The molecule has 4 nitrogen and oxygen atoms in total. The smallest absolute Gasteiger partial charge is 0.128 e. The van der Waals surface area contributed by atoms with Crippen LogP contribution >= 0.6 is 15.9 Å². The fourth-order valence-corrected chi connectivity index (χ4v) is 3.15. The summed E-state index contributed by atoms with van der Waals surface area (Å²) in [5.41, 5.74) is 5.84. The van der Waals surface area contributed by atoms with E-state index in [2.05, 4.69) is 20.8 Å². The van der Waals surface area contributed by atoms with Crippen LogP contribution in [0.25, 0.3) is 0 Å². The van der Waals surface area contributed by atoms with E-state index in [1.807, 2.05) is 0 Å². The number of halogens is 2. The monoisotopic (exact) mass is 360 g/mol. The third-order valence-electron chi connectivity index (χ3n) is 3.88. The van der Waals surface area contributed by atoms with E-state index in [0.29, 0.717) is 35.5 Å². The molecule has 0 saturated carbocycles. The van der Waals surface area contributed by atoms with Gasteiger partial charge in [0.25, 0.3) is 0 Å². The van der Waals surface area contributed by atoms with Gasteiger partial charge in [0, 0.05) is 43.3 Å². The van der Waals surface area contributed by atoms with Gasteiger partial charge in [-0.1, -0.05) is 15.9 Å². The van der Waals surface area contributed by atoms with Gasteiger partial charge in [0.2, 0.25) is 0 Å². The molecule has 1 aliphatic heterocycles. The van der Waals surface area contributed by atoms with Crippen LogP contribution in [0.3, 0.4) is 0 Å². The van der Waals surface area contributed by atoms with Gasteiger partial charge in [0.1, 0.15) is 18.2 Å². The molecule has 1 fully saturated rings. The first-order valence-electron chi connectivity index (χ1n) is 7.18. The molecule has 1 heterocycles. The highest BCUT2D eigenvalue weighted by molar-refractivity contribution is 9.10. The van der Waals surface area contributed by atoms with E-state index >= 15 is 0 Å². The molecule has 1 saturated heterocycles. The Morgan fingerprint density at radius 1 is 1.43 bits per heavy atom. The molecule has 6 heteroatoms. The summed E-state index contributed by atoms with van der Waals surface area (Å²) in [7, 11) is 1.75. The molecule has 2 unspecified atom stereocenters. The Hall–Kier alpha value is -0.690. The summed E-state index contributed by atoms with van der Waals surface area (Å²) in [6.07, 6.45) is 2.27. The Balaban J connectivity index is 1.82. The number of hydrogen-bond donors (Lipinski definition) is 1. The quantitative estimate of drug-likeness (QED) is 0.846. The lowest BCUT2D eigenvalue weighted by molar-refractivity contribution is 0.00921. The lowest BCUT2D eigenvalue weighted by Crippen LogP contribution is -2.49. The van der Waals surface area contributed by atoms with Crippen LogP contribution in [0, 0.1) is 5.82 Å². The third kappa shape index (κ3) is 4.92. The fourth-order valence-electron chi connectivity index (χ4n) is 2.71. The second kappa shape index (κ2) is 8.08. The molecule has 1 aliphatic rings. The summed E-state index contributed by atoms with van der Waals surface area (Å²) >= 11 is 3.26. The largest absolute Gasteiger partial charge is 0.492 e. The summed E-state index contributed by atoms with van der Waals surface area (Å²) < 4.78 is 25.0. The van der Waals surface area contributed by atoms with Crippen LogP contribution in [0.5, 0.6) is 5.75 Å². The zero-order valence-electron chi connectivity index (χ0n) is 12.2. The van der Waals surface area contributed by atoms with E-state index in [1.54, 1.807) is 13.2 Å². The first-order chi connectivity index (χ1) is 10.1. The first-order valence-corrected chi connectivity index (χ1v) is 7.97. The SMILES string of the molecule is COC1CCN(CCOc2cc(F)cc(Br)c2)C(CN)C1. The Morgan fingerprint density at radius 3 is 2.90 bits per heavy atom. The van der Waals surface area contributed by atoms with E-state index in [0.717, 1.165) is 25.9 Å². The van der Waals surface area contributed by atoms with Gasteiger partial charge in [-0.15, -0.1) is 0 Å². The molecule has 2 atom stereocenters. The molecular formula is C15H22BrFN2O2. The average Bonchev–Trinajstić information content (AvgIpc) is 2.46. The molecule has 21 heavy (non-hydrogen) atoms. The van der Waals surface area contributed by atoms with Gasteiger partial charge >= 0.3 is 0 Å². The number of methoxy groups -OCH3 is 1. The van der Waals surface area contributed by atoms with Gasteiger partial charge in [-0.25, -0.2) is 4.39 Å². The van der Waals surface area contributed by atoms with Crippen LogP contribution in [0.2, 0.25) is 0 Å². The summed E-state index contributed by atoms with van der Waals surface area (Å²) in [6, 6.07) is 4.89. The molecule has 0 amide bonds. The Morgan fingerprint density at radius 2 is 2.24 bits per heavy atom. The number of hydrogen-bond acceptors (Lipinski definition) is 4. The zero-order valence-corrected chi connectivity index (χ0v) is 13.8. The van der Waals surface area contributed by atoms with Crippen LogP contribution in [0.4, 0.5) is 4.39 Å². The van der Waals surface area contributed by atoms with Gasteiger partial charge in [-0.3, -0.25) is 4.90 Å². The van der Waals surface area contributed by atoms with E-state index in [-0.39, 0.29) is 5.82 Å². The Bertz CT molecular complexity index is 441. The molecule has 0 spiro atoms. The number of nitrogens with two attached hydrogens (primary N) is 1. The maximum absolute atomic E-state index is 13.3. The normalized spacial score (nSPS) is 23.2. The Labute approximate surface area is 133 Å². The van der Waals surface area contributed by atoms with Crippen LogP contribution in [0.1, 0.15) is 12.8 Å². The minimum Gasteiger partial charge on any atom is -0.492 e. The number of benzene rings is 1. The summed E-state index contributed by atoms with van der Waals surface area (Å²) in [5.74, 6) is 0.234. The summed E-state index contributed by atoms with van der Waals surface area (Å²) in [5, 5.41) is 0. The highest BCUT2D eigenvalue weighted by Crippen LogP contribution is 2.21. The number of rotatable bonds is 6. The van der Waals surface area contributed by atoms with Crippen molar-refractivity contribution >= 4 is 15.9 Å². The van der Waals surface area contributed by atoms with Gasteiger partial charge in [0.15, 0.2) is 0 Å². The van der Waals surface area contributed by atoms with Gasteiger partial charge in [0.05, 0.1) is 6.10 Å². The molecule has 0 radical (unpaired) electrons. The van der Waals surface area contributed by atoms with Gasteiger partial charge in [-0.2, -0.15) is 0 Å². The summed E-state index contributed by atoms with van der Waals surface area (Å²) in [6.45, 7) is 2.87. The Kier molecular flexibility index (Phi) is 6.41. The zero-order chi connectivity index (χ0) is 15.2. The highest BCUT2D eigenvalue weighted by Gasteiger charge is 2.27. The molecule has 118 valence electrons. The maximum atomic E-state index is 13.3. The fraction of sp³-hybridized carbons (Fsp3) is 0.600. The average molecular weight is 361 g/mol. The predicted molar refractivity (Wildman–Crippen MR) is 84.0 cm³/mol. The van der Waals surface area contributed by atoms with Crippen molar-refractivity contribution in [1.29, 1.82) is 0 Å². The molecule has 0 aromatic heterocycles. The van der Waals surface area contributed by atoms with Crippen molar-refractivity contribution in [2.45, 2.75) is 25.0 Å². The van der Waals surface area contributed by atoms with Crippen molar-refractivity contribution in [1.82, 2.24) is 4.90 Å². The second-order valence-electron chi connectivity index (χ2n) is 5.26. The molecule has 0 aliphatic carbocycles. The van der Waals surface area contributed by atoms with Crippen LogP contribution < -0.4 is 10.5 Å². The predicted octanol–water partition coefficient (Wildman–Crippen LogP) is 2.41. The molecule has 2 N–H and O–H groups in total. The van der Waals surface area contributed by atoms with Crippen molar-refractivity contribution in [3.63, 3.8) is 0 Å². The highest BCUT2D eigenvalue weighted by atomic mass is 79.9. The minimum absolute atomic E-state index is 0.301. The van der Waals surface area contributed by atoms with Gasteiger partial charge < -0.3 is 15.2 Å². The second-order valence-corrected chi connectivity index (χ2v) is 6.18. The number of piperidine rings is 1. The molecule has 1 aromatic carbocycles. The molecular weight excluding hydrogens is 339 g/mol. The third-order valence-corrected chi connectivity index (χ3v) is 4.34. The van der Waals surface area contributed by atoms with Crippen molar-refractivity contribution in [2.24, 2.45) is 5.73 Å². The number of ether oxygens (including phenoxy) is 2. The molecule has 2 rings (SSSR count). The van der Waals surface area contributed by atoms with E-state index in [1.165, 1.54) is 12.1 Å². The van der Waals surface area contributed by atoms with Crippen molar-refractivity contribution < 1.29 is 13.9 Å². The number of likely N-dealkylation sites (tertiary alicyclic amines) is 1. The lowest BCUT2D eigenvalue weighted by atomic mass is 9.99. The van der Waals surface area contributed by atoms with Gasteiger partial charge in [-0.05, 0) is 25.0 Å². The lowest BCUT2D eigenvalue weighted by Gasteiger charge is -2.38. The maximum Gasteiger partial charge on any atom is 0.128 e. The first kappa shape index (κ1) is 16.7. The van der Waals surface area contributed by atoms with Crippen molar-refractivity contribution in [2.75, 3.05) is 33.4 Å². The van der Waals surface area contributed by atoms with Crippen LogP contribution in [0.15, 0.2) is 22.7 Å². The van der Waals surface area contributed by atoms with Crippen molar-refractivity contribution in [3.05, 3.63) is 28.5 Å². The molecule has 1 aromatic rings. The topological polar surface area (TPSA) is 47.7 Å². The van der Waals surface area contributed by atoms with Crippen LogP contribution in [-0.4, -0.2) is 50.4 Å². The van der Waals surface area contributed by atoms with E-state index < -0.39 is 0 Å². The van der Waals surface area contributed by atoms with Crippen molar-refractivity contribution in [3.8, 4) is 5.75 Å². The van der Waals surface area contributed by atoms with E-state index in [4.69, 9.17) is 15.2 Å². The number of nitrogens with zero attached hydrogens (tertiary/aromatic N) is 1. The molecule has 0 bridgehead atoms. The van der Waals surface area contributed by atoms with Crippen LogP contribution in [-0.2, 0) is 4.74 Å².